The molecule has 4 nitrogen and oxygen atoms in total. The Hall–Kier alpha value is -1.07. The van der Waals surface area contributed by atoms with Crippen molar-refractivity contribution in [2.24, 2.45) is 4.99 Å². The van der Waals surface area contributed by atoms with Crippen molar-refractivity contribution < 1.29 is 0 Å². The smallest absolute Gasteiger partial charge is 0.191 e. The predicted molar refractivity (Wildman–Crippen MR) is 98.8 cm³/mol. The van der Waals surface area contributed by atoms with Gasteiger partial charge in [0.25, 0.3) is 0 Å². The summed E-state index contributed by atoms with van der Waals surface area (Å²) in [5, 5.41) is 11.2. The number of likely N-dealkylation sites (N-methyl/N-ethyl adjacent to an activating group) is 1. The van der Waals surface area contributed by atoms with E-state index in [1.807, 2.05) is 0 Å². The van der Waals surface area contributed by atoms with Crippen LogP contribution in [0.15, 0.2) is 21.8 Å². The van der Waals surface area contributed by atoms with E-state index in [0.29, 0.717) is 6.04 Å². The molecular formula is C17H32N4S. The summed E-state index contributed by atoms with van der Waals surface area (Å²) in [4.78, 5) is 7.29. The van der Waals surface area contributed by atoms with Gasteiger partial charge in [0.1, 0.15) is 0 Å². The van der Waals surface area contributed by atoms with Crippen molar-refractivity contribution in [2.75, 3.05) is 26.2 Å². The molecule has 1 aromatic rings. The van der Waals surface area contributed by atoms with Crippen LogP contribution in [0, 0.1) is 0 Å². The summed E-state index contributed by atoms with van der Waals surface area (Å²) in [5.41, 5.74) is 1.37. The summed E-state index contributed by atoms with van der Waals surface area (Å²) in [6, 6.07) is 2.56. The highest BCUT2D eigenvalue weighted by atomic mass is 32.1. The molecule has 0 radical (unpaired) electrons. The summed E-state index contributed by atoms with van der Waals surface area (Å²) in [6.07, 6.45) is 0. The monoisotopic (exact) mass is 324 g/mol. The minimum absolute atomic E-state index is 0.00802. The highest BCUT2D eigenvalue weighted by Crippen LogP contribution is 2.23. The van der Waals surface area contributed by atoms with Gasteiger partial charge in [-0.1, -0.05) is 13.8 Å². The van der Waals surface area contributed by atoms with E-state index in [9.17, 15) is 0 Å². The quantitative estimate of drug-likeness (QED) is 0.596. The minimum Gasteiger partial charge on any atom is -0.357 e. The maximum Gasteiger partial charge on any atom is 0.191 e. The highest BCUT2D eigenvalue weighted by molar-refractivity contribution is 7.07. The van der Waals surface area contributed by atoms with Crippen LogP contribution in [-0.2, 0) is 0 Å². The van der Waals surface area contributed by atoms with E-state index in [-0.39, 0.29) is 5.54 Å². The van der Waals surface area contributed by atoms with Gasteiger partial charge in [-0.15, -0.1) is 0 Å². The fraction of sp³-hybridized carbons (Fsp3) is 0.706. The summed E-state index contributed by atoms with van der Waals surface area (Å²) < 4.78 is 0. The number of aliphatic imine (C=N–C) groups is 1. The van der Waals surface area contributed by atoms with Crippen molar-refractivity contribution in [3.8, 4) is 0 Å². The van der Waals surface area contributed by atoms with Crippen LogP contribution < -0.4 is 10.6 Å². The highest BCUT2D eigenvalue weighted by Gasteiger charge is 2.19. The normalized spacial score (nSPS) is 14.2. The van der Waals surface area contributed by atoms with Gasteiger partial charge in [-0.3, -0.25) is 9.89 Å². The molecule has 0 aliphatic rings. The molecule has 1 unspecified atom stereocenters. The molecule has 0 aliphatic carbocycles. The Morgan fingerprint density at radius 2 is 1.95 bits per heavy atom. The molecule has 126 valence electrons. The molecule has 1 heterocycles. The second kappa shape index (κ2) is 9.16. The molecular weight excluding hydrogens is 292 g/mol. The largest absolute Gasteiger partial charge is 0.357 e. The molecule has 0 bridgehead atoms. The third-order valence-corrected chi connectivity index (χ3v) is 4.14. The number of thiophene rings is 1. The Labute approximate surface area is 140 Å². The Balaban J connectivity index is 2.89. The molecule has 1 rings (SSSR count). The standard InChI is InChI=1S/C17H32N4S/c1-7-18-16(20-17(4,5)6)19-12-15(21(8-2)9-3)14-10-11-22-13-14/h10-11,13,15H,7-9,12H2,1-6H3,(H2,18,19,20). The number of nitrogens with one attached hydrogen (secondary N) is 2. The molecule has 0 amide bonds. The van der Waals surface area contributed by atoms with Gasteiger partial charge < -0.3 is 10.6 Å². The van der Waals surface area contributed by atoms with Crippen LogP contribution in [0.4, 0.5) is 0 Å². The van der Waals surface area contributed by atoms with Crippen LogP contribution >= 0.6 is 11.3 Å². The van der Waals surface area contributed by atoms with Crippen molar-refractivity contribution in [1.82, 2.24) is 15.5 Å². The first-order valence-corrected chi connectivity index (χ1v) is 9.18. The molecule has 0 aliphatic heterocycles. The van der Waals surface area contributed by atoms with Crippen molar-refractivity contribution >= 4 is 17.3 Å². The molecule has 2 N–H and O–H groups in total. The van der Waals surface area contributed by atoms with Crippen LogP contribution in [-0.4, -0.2) is 42.6 Å². The molecule has 1 aromatic heterocycles. The second-order valence-corrected chi connectivity index (χ2v) is 7.17. The van der Waals surface area contributed by atoms with Crippen molar-refractivity contribution in [1.29, 1.82) is 0 Å². The first-order valence-electron chi connectivity index (χ1n) is 8.23. The second-order valence-electron chi connectivity index (χ2n) is 6.39. The van der Waals surface area contributed by atoms with E-state index in [0.717, 1.165) is 32.1 Å². The lowest BCUT2D eigenvalue weighted by Crippen LogP contribution is -2.48. The fourth-order valence-electron chi connectivity index (χ4n) is 2.40. The van der Waals surface area contributed by atoms with Gasteiger partial charge in [0.05, 0.1) is 12.6 Å². The Bertz CT molecular complexity index is 430. The molecule has 0 aromatic carbocycles. The van der Waals surface area contributed by atoms with Gasteiger partial charge >= 0.3 is 0 Å². The molecule has 0 spiro atoms. The summed E-state index contributed by atoms with van der Waals surface area (Å²) >= 11 is 1.75. The third kappa shape index (κ3) is 6.36. The van der Waals surface area contributed by atoms with Gasteiger partial charge in [0.15, 0.2) is 5.96 Å². The fourth-order valence-corrected chi connectivity index (χ4v) is 3.11. The molecule has 22 heavy (non-hydrogen) atoms. The number of nitrogens with zero attached hydrogens (tertiary/aromatic N) is 2. The zero-order valence-corrected chi connectivity index (χ0v) is 15.8. The van der Waals surface area contributed by atoms with E-state index < -0.39 is 0 Å². The van der Waals surface area contributed by atoms with Gasteiger partial charge in [0.2, 0.25) is 0 Å². The average Bonchev–Trinajstić information content (AvgIpc) is 2.95. The Kier molecular flexibility index (Phi) is 7.90. The van der Waals surface area contributed by atoms with E-state index >= 15 is 0 Å². The topological polar surface area (TPSA) is 39.7 Å². The van der Waals surface area contributed by atoms with Crippen LogP contribution in [0.2, 0.25) is 0 Å². The zero-order chi connectivity index (χ0) is 16.6. The van der Waals surface area contributed by atoms with Crippen LogP contribution in [0.3, 0.4) is 0 Å². The maximum absolute atomic E-state index is 4.83. The maximum atomic E-state index is 4.83. The lowest BCUT2D eigenvalue weighted by molar-refractivity contribution is 0.224. The molecule has 0 saturated heterocycles. The lowest BCUT2D eigenvalue weighted by atomic mass is 10.1. The van der Waals surface area contributed by atoms with Crippen LogP contribution in [0.5, 0.6) is 0 Å². The van der Waals surface area contributed by atoms with Crippen molar-refractivity contribution in [3.63, 3.8) is 0 Å². The molecule has 0 fully saturated rings. The predicted octanol–water partition coefficient (Wildman–Crippen LogP) is 3.48. The van der Waals surface area contributed by atoms with Gasteiger partial charge in [-0.2, -0.15) is 11.3 Å². The summed E-state index contributed by atoms with van der Waals surface area (Å²) in [6.45, 7) is 16.7. The van der Waals surface area contributed by atoms with Gasteiger partial charge in [-0.25, -0.2) is 0 Å². The van der Waals surface area contributed by atoms with Crippen LogP contribution in [0.25, 0.3) is 0 Å². The molecule has 0 saturated carbocycles. The Morgan fingerprint density at radius 1 is 1.27 bits per heavy atom. The lowest BCUT2D eigenvalue weighted by Gasteiger charge is -2.29. The first kappa shape index (κ1) is 19.0. The Morgan fingerprint density at radius 3 is 2.41 bits per heavy atom. The number of hydrogen-bond acceptors (Lipinski definition) is 3. The van der Waals surface area contributed by atoms with E-state index in [1.54, 1.807) is 11.3 Å². The summed E-state index contributed by atoms with van der Waals surface area (Å²) in [7, 11) is 0. The third-order valence-electron chi connectivity index (χ3n) is 3.44. The zero-order valence-electron chi connectivity index (χ0n) is 14.9. The average molecular weight is 325 g/mol. The van der Waals surface area contributed by atoms with Crippen molar-refractivity contribution in [3.05, 3.63) is 22.4 Å². The summed E-state index contributed by atoms with van der Waals surface area (Å²) in [5.74, 6) is 0.891. The van der Waals surface area contributed by atoms with Gasteiger partial charge in [0, 0.05) is 12.1 Å². The number of rotatable bonds is 7. The minimum atomic E-state index is 0.00802. The van der Waals surface area contributed by atoms with E-state index in [4.69, 9.17) is 4.99 Å². The van der Waals surface area contributed by atoms with Crippen molar-refractivity contribution in [2.45, 2.75) is 53.1 Å². The van der Waals surface area contributed by atoms with E-state index in [2.05, 4.69) is 73.9 Å². The van der Waals surface area contributed by atoms with E-state index in [1.165, 1.54) is 5.56 Å². The number of guanidine groups is 1. The van der Waals surface area contributed by atoms with Gasteiger partial charge in [-0.05, 0) is 63.2 Å². The number of hydrogen-bond donors (Lipinski definition) is 2. The molecule has 5 heteroatoms. The van der Waals surface area contributed by atoms with Crippen LogP contribution in [0.1, 0.15) is 53.1 Å². The SMILES string of the molecule is CCNC(=NCC(c1ccsc1)N(CC)CC)NC(C)(C)C. The molecule has 1 atom stereocenters. The first-order chi connectivity index (χ1) is 10.4.